The Balaban J connectivity index is 2.37. The summed E-state index contributed by atoms with van der Waals surface area (Å²) in [5, 5.41) is 8.45. The van der Waals surface area contributed by atoms with E-state index in [1.807, 2.05) is 0 Å². The van der Waals surface area contributed by atoms with Crippen molar-refractivity contribution < 1.29 is 4.74 Å². The molecule has 0 aromatic carbocycles. The van der Waals surface area contributed by atoms with Gasteiger partial charge in [-0.3, -0.25) is 0 Å². The van der Waals surface area contributed by atoms with Crippen molar-refractivity contribution in [3.63, 3.8) is 0 Å². The van der Waals surface area contributed by atoms with Gasteiger partial charge in [0, 0.05) is 5.54 Å². The number of nitrogens with zero attached hydrogens (tertiary/aromatic N) is 3. The number of hydrogen-bond donors (Lipinski definition) is 0. The minimum Gasteiger partial charge on any atom is -0.367 e. The molecule has 96 valence electrons. The fourth-order valence-corrected chi connectivity index (χ4v) is 2.52. The van der Waals surface area contributed by atoms with E-state index in [4.69, 9.17) is 16.3 Å². The number of rotatable bonds is 2. The second kappa shape index (κ2) is 4.58. The highest BCUT2D eigenvalue weighted by molar-refractivity contribution is 6.16. The Kier molecular flexibility index (Phi) is 3.46. The van der Waals surface area contributed by atoms with Crippen LogP contribution in [0.15, 0.2) is 0 Å². The third-order valence-corrected chi connectivity index (χ3v) is 3.30. The zero-order valence-electron chi connectivity index (χ0n) is 10.9. The molecule has 17 heavy (non-hydrogen) atoms. The maximum atomic E-state index is 5.92. The van der Waals surface area contributed by atoms with Gasteiger partial charge in [0.25, 0.3) is 0 Å². The lowest BCUT2D eigenvalue weighted by atomic mass is 10.1. The van der Waals surface area contributed by atoms with E-state index in [0.717, 1.165) is 24.5 Å². The summed E-state index contributed by atoms with van der Waals surface area (Å²) in [6, 6.07) is 0. The van der Waals surface area contributed by atoms with Crippen molar-refractivity contribution in [2.75, 3.05) is 0 Å². The van der Waals surface area contributed by atoms with E-state index < -0.39 is 0 Å². The fraction of sp³-hybridized carbons (Fsp3) is 0.833. The first-order valence-corrected chi connectivity index (χ1v) is 6.63. The molecule has 2 rings (SSSR count). The summed E-state index contributed by atoms with van der Waals surface area (Å²) in [5.41, 5.74) is -0.0712. The predicted molar refractivity (Wildman–Crippen MR) is 67.1 cm³/mol. The van der Waals surface area contributed by atoms with Crippen molar-refractivity contribution in [1.82, 2.24) is 14.8 Å². The van der Waals surface area contributed by atoms with Crippen LogP contribution in [0.4, 0.5) is 0 Å². The largest absolute Gasteiger partial charge is 0.367 e. The molecule has 1 saturated heterocycles. The molecule has 0 radical (unpaired) electrons. The molecule has 0 saturated carbocycles. The topological polar surface area (TPSA) is 39.9 Å². The Bertz CT molecular complexity index is 397. The normalized spacial score (nSPS) is 25.5. The monoisotopic (exact) mass is 257 g/mol. The van der Waals surface area contributed by atoms with Crippen LogP contribution in [0.25, 0.3) is 0 Å². The van der Waals surface area contributed by atoms with Gasteiger partial charge in [0.2, 0.25) is 0 Å². The van der Waals surface area contributed by atoms with Gasteiger partial charge in [-0.2, -0.15) is 0 Å². The highest BCUT2D eigenvalue weighted by Crippen LogP contribution is 2.34. The highest BCUT2D eigenvalue weighted by atomic mass is 35.5. The first kappa shape index (κ1) is 12.8. The average Bonchev–Trinajstić information content (AvgIpc) is 2.81. The van der Waals surface area contributed by atoms with Crippen molar-refractivity contribution in [3.8, 4) is 0 Å². The molecular formula is C12H20ClN3O. The summed E-state index contributed by atoms with van der Waals surface area (Å²) in [6.45, 7) is 8.50. The van der Waals surface area contributed by atoms with Gasteiger partial charge in [-0.1, -0.05) is 0 Å². The molecule has 1 aliphatic rings. The van der Waals surface area contributed by atoms with Crippen LogP contribution in [0.1, 0.15) is 58.3 Å². The summed E-state index contributed by atoms with van der Waals surface area (Å²) in [5.74, 6) is 2.11. The minimum absolute atomic E-state index is 0.0636. The van der Waals surface area contributed by atoms with E-state index >= 15 is 0 Å². The Morgan fingerprint density at radius 2 is 2.06 bits per heavy atom. The summed E-state index contributed by atoms with van der Waals surface area (Å²) >= 11 is 5.92. The third-order valence-electron chi connectivity index (χ3n) is 3.07. The van der Waals surface area contributed by atoms with Gasteiger partial charge < -0.3 is 9.30 Å². The van der Waals surface area contributed by atoms with E-state index in [9.17, 15) is 0 Å². The van der Waals surface area contributed by atoms with Crippen LogP contribution in [0.5, 0.6) is 0 Å². The fourth-order valence-electron chi connectivity index (χ4n) is 2.35. The molecule has 0 bridgehead atoms. The Hall–Kier alpha value is -0.610. The molecule has 0 spiro atoms. The molecule has 2 heterocycles. The first-order chi connectivity index (χ1) is 7.93. The lowest BCUT2D eigenvalue weighted by Gasteiger charge is -2.26. The lowest BCUT2D eigenvalue weighted by Crippen LogP contribution is -2.27. The van der Waals surface area contributed by atoms with E-state index in [-0.39, 0.29) is 11.6 Å². The van der Waals surface area contributed by atoms with E-state index in [0.29, 0.717) is 12.0 Å². The van der Waals surface area contributed by atoms with E-state index in [2.05, 4.69) is 42.5 Å². The first-order valence-electron chi connectivity index (χ1n) is 6.09. The highest BCUT2D eigenvalue weighted by Gasteiger charge is 2.32. The molecule has 1 aromatic heterocycles. The predicted octanol–water partition coefficient (Wildman–Crippen LogP) is 3.01. The second-order valence-electron chi connectivity index (χ2n) is 5.63. The maximum absolute atomic E-state index is 5.92. The molecule has 2 atom stereocenters. The van der Waals surface area contributed by atoms with Crippen LogP contribution < -0.4 is 0 Å². The van der Waals surface area contributed by atoms with Crippen molar-refractivity contribution in [2.24, 2.45) is 0 Å². The van der Waals surface area contributed by atoms with Crippen LogP contribution in [0.2, 0.25) is 0 Å². The Labute approximate surface area is 107 Å². The molecule has 1 aromatic rings. The van der Waals surface area contributed by atoms with Crippen LogP contribution in [0, 0.1) is 0 Å². The smallest absolute Gasteiger partial charge is 0.162 e. The average molecular weight is 258 g/mol. The van der Waals surface area contributed by atoms with Gasteiger partial charge in [-0.05, 0) is 40.5 Å². The van der Waals surface area contributed by atoms with Crippen molar-refractivity contribution in [3.05, 3.63) is 11.6 Å². The number of ether oxygens (including phenoxy) is 1. The summed E-state index contributed by atoms with van der Waals surface area (Å²) < 4.78 is 7.99. The molecule has 0 aliphatic carbocycles. The summed E-state index contributed by atoms with van der Waals surface area (Å²) in [6.07, 6.45) is 2.47. The molecule has 2 unspecified atom stereocenters. The Morgan fingerprint density at radius 1 is 1.35 bits per heavy atom. The molecule has 0 amide bonds. The molecule has 1 fully saturated rings. The number of halogens is 1. The van der Waals surface area contributed by atoms with Crippen molar-refractivity contribution >= 4 is 11.6 Å². The zero-order chi connectivity index (χ0) is 12.6. The molecule has 0 N–H and O–H groups in total. The van der Waals surface area contributed by atoms with Gasteiger partial charge in [0.05, 0.1) is 12.0 Å². The minimum atomic E-state index is -0.0712. The SMILES string of the molecule is CC1CCC(c2nnc(CCl)n2C(C)(C)C)O1. The van der Waals surface area contributed by atoms with Crippen molar-refractivity contribution in [1.29, 1.82) is 0 Å². The van der Waals surface area contributed by atoms with Gasteiger partial charge in [0.15, 0.2) is 5.82 Å². The standard InChI is InChI=1S/C12H20ClN3O/c1-8-5-6-9(17-8)11-15-14-10(7-13)16(11)12(2,3)4/h8-9H,5-7H2,1-4H3. The second-order valence-corrected chi connectivity index (χ2v) is 5.89. The molecule has 4 nitrogen and oxygen atoms in total. The quantitative estimate of drug-likeness (QED) is 0.765. The summed E-state index contributed by atoms with van der Waals surface area (Å²) in [7, 11) is 0. The van der Waals surface area contributed by atoms with Gasteiger partial charge in [-0.25, -0.2) is 0 Å². The van der Waals surface area contributed by atoms with Crippen LogP contribution in [-0.2, 0) is 16.2 Å². The van der Waals surface area contributed by atoms with Gasteiger partial charge in [0.1, 0.15) is 11.9 Å². The summed E-state index contributed by atoms with van der Waals surface area (Å²) in [4.78, 5) is 0. The third kappa shape index (κ3) is 2.47. The van der Waals surface area contributed by atoms with E-state index in [1.165, 1.54) is 0 Å². The lowest BCUT2D eigenvalue weighted by molar-refractivity contribution is 0.0454. The van der Waals surface area contributed by atoms with Crippen LogP contribution in [-0.4, -0.2) is 20.9 Å². The Morgan fingerprint density at radius 3 is 2.53 bits per heavy atom. The molecule has 1 aliphatic heterocycles. The van der Waals surface area contributed by atoms with Gasteiger partial charge >= 0.3 is 0 Å². The van der Waals surface area contributed by atoms with Gasteiger partial charge in [-0.15, -0.1) is 21.8 Å². The van der Waals surface area contributed by atoms with E-state index in [1.54, 1.807) is 0 Å². The number of hydrogen-bond acceptors (Lipinski definition) is 3. The molecular weight excluding hydrogens is 238 g/mol. The maximum Gasteiger partial charge on any atom is 0.162 e. The number of aromatic nitrogens is 3. The van der Waals surface area contributed by atoms with Crippen LogP contribution >= 0.6 is 11.6 Å². The van der Waals surface area contributed by atoms with Crippen molar-refractivity contribution in [2.45, 2.75) is 64.2 Å². The zero-order valence-corrected chi connectivity index (χ0v) is 11.7. The number of alkyl halides is 1. The van der Waals surface area contributed by atoms with Crippen LogP contribution in [0.3, 0.4) is 0 Å². The molecule has 5 heteroatoms.